The van der Waals surface area contributed by atoms with E-state index >= 15 is 0 Å². The van der Waals surface area contributed by atoms with Gasteiger partial charge in [0, 0.05) is 7.11 Å². The minimum absolute atomic E-state index is 0.111. The van der Waals surface area contributed by atoms with Gasteiger partial charge in [-0.3, -0.25) is 0 Å². The first-order valence-corrected chi connectivity index (χ1v) is 5.06. The van der Waals surface area contributed by atoms with Crippen LogP contribution < -0.4 is 5.32 Å². The molecule has 1 rings (SSSR count). The maximum absolute atomic E-state index is 12.2. The predicted molar refractivity (Wildman–Crippen MR) is 51.8 cm³/mol. The highest BCUT2D eigenvalue weighted by Gasteiger charge is 2.35. The minimum Gasteiger partial charge on any atom is -0.479 e. The lowest BCUT2D eigenvalue weighted by Crippen LogP contribution is -2.30. The lowest BCUT2D eigenvalue weighted by atomic mass is 10.3. The topological polar surface area (TPSA) is 84.3 Å². The van der Waals surface area contributed by atoms with Crippen LogP contribution in [0.2, 0.25) is 0 Å². The fourth-order valence-corrected chi connectivity index (χ4v) is 1.48. The smallest absolute Gasteiger partial charge is 0.445 e. The number of alkyl halides is 3. The molecule has 1 aromatic rings. The molecular weight excluding hydrogens is 263 g/mol. The lowest BCUT2D eigenvalue weighted by molar-refractivity contribution is -0.147. The summed E-state index contributed by atoms with van der Waals surface area (Å²) in [6, 6.07) is 0. The summed E-state index contributed by atoms with van der Waals surface area (Å²) in [5.41, 5.74) is 0. The van der Waals surface area contributed by atoms with Gasteiger partial charge in [-0.2, -0.15) is 13.2 Å². The number of hydrogen-bond acceptors (Lipinski definition) is 6. The molecule has 0 saturated heterocycles. The van der Waals surface area contributed by atoms with Gasteiger partial charge >= 0.3 is 12.1 Å². The van der Waals surface area contributed by atoms with Gasteiger partial charge in [-0.15, -0.1) is 10.2 Å². The Kier molecular flexibility index (Phi) is 4.23. The van der Waals surface area contributed by atoms with Crippen molar-refractivity contribution in [2.45, 2.75) is 12.3 Å². The van der Waals surface area contributed by atoms with Crippen LogP contribution in [0.25, 0.3) is 0 Å². The zero-order chi connectivity index (χ0) is 13.1. The zero-order valence-electron chi connectivity index (χ0n) is 8.48. The molecule has 0 amide bonds. The monoisotopic (exact) mass is 271 g/mol. The number of hydrogen-bond donors (Lipinski definition) is 2. The molecule has 0 fully saturated rings. The highest BCUT2D eigenvalue weighted by molar-refractivity contribution is 7.15. The molecule has 17 heavy (non-hydrogen) atoms. The molecule has 0 radical (unpaired) electrons. The molecule has 1 heterocycles. The Morgan fingerprint density at radius 1 is 1.59 bits per heavy atom. The number of anilines is 1. The highest BCUT2D eigenvalue weighted by atomic mass is 32.1. The molecule has 96 valence electrons. The van der Waals surface area contributed by atoms with E-state index in [1.54, 1.807) is 0 Å². The molecule has 1 atom stereocenters. The molecule has 6 nitrogen and oxygen atoms in total. The Balaban J connectivity index is 2.58. The van der Waals surface area contributed by atoms with Gasteiger partial charge in [0.2, 0.25) is 10.1 Å². The fraction of sp³-hybridized carbons (Fsp3) is 0.571. The van der Waals surface area contributed by atoms with Gasteiger partial charge in [-0.1, -0.05) is 11.3 Å². The zero-order valence-corrected chi connectivity index (χ0v) is 9.30. The first kappa shape index (κ1) is 13.6. The molecule has 0 aliphatic heterocycles. The number of aliphatic carboxylic acids is 1. The first-order chi connectivity index (χ1) is 7.84. The Bertz CT molecular complexity index is 395. The van der Waals surface area contributed by atoms with Crippen LogP contribution in [0.15, 0.2) is 0 Å². The first-order valence-electron chi connectivity index (χ1n) is 4.24. The van der Waals surface area contributed by atoms with Crippen molar-refractivity contribution in [2.24, 2.45) is 0 Å². The van der Waals surface area contributed by atoms with Crippen molar-refractivity contribution in [2.75, 3.05) is 19.0 Å². The molecule has 0 aliphatic rings. The Labute approximate surface area is 97.4 Å². The molecule has 0 bridgehead atoms. The van der Waals surface area contributed by atoms with Crippen molar-refractivity contribution in [3.8, 4) is 0 Å². The van der Waals surface area contributed by atoms with E-state index in [-0.39, 0.29) is 11.7 Å². The Morgan fingerprint density at radius 3 is 2.65 bits per heavy atom. The second-order valence-corrected chi connectivity index (χ2v) is 3.83. The lowest BCUT2D eigenvalue weighted by Gasteiger charge is -2.09. The number of rotatable bonds is 5. The van der Waals surface area contributed by atoms with Crippen LogP contribution in [-0.2, 0) is 15.7 Å². The van der Waals surface area contributed by atoms with Crippen molar-refractivity contribution in [3.63, 3.8) is 0 Å². The van der Waals surface area contributed by atoms with Crippen LogP contribution in [0.1, 0.15) is 5.01 Å². The molecular formula is C7H8F3N3O3S. The third kappa shape index (κ3) is 3.82. The number of carbonyl (C=O) groups is 1. The predicted octanol–water partition coefficient (Wildman–Crippen LogP) is 1.07. The average Bonchev–Trinajstić information content (AvgIpc) is 2.66. The van der Waals surface area contributed by atoms with E-state index in [0.29, 0.717) is 11.3 Å². The van der Waals surface area contributed by atoms with Gasteiger partial charge in [0.25, 0.3) is 0 Å². The van der Waals surface area contributed by atoms with Crippen LogP contribution in [0.3, 0.4) is 0 Å². The van der Waals surface area contributed by atoms with E-state index in [2.05, 4.69) is 20.3 Å². The number of aromatic nitrogens is 2. The van der Waals surface area contributed by atoms with E-state index in [1.807, 2.05) is 0 Å². The number of methoxy groups -OCH3 is 1. The molecule has 1 aromatic heterocycles. The third-order valence-electron chi connectivity index (χ3n) is 1.67. The Hall–Kier alpha value is -1.42. The summed E-state index contributed by atoms with van der Waals surface area (Å²) in [7, 11) is 1.18. The summed E-state index contributed by atoms with van der Waals surface area (Å²) < 4.78 is 41.0. The number of nitrogens with zero attached hydrogens (tertiary/aromatic N) is 2. The number of halogens is 3. The summed E-state index contributed by atoms with van der Waals surface area (Å²) in [5.74, 6) is -1.22. The van der Waals surface area contributed by atoms with Crippen LogP contribution >= 0.6 is 11.3 Å². The van der Waals surface area contributed by atoms with E-state index in [0.717, 1.165) is 0 Å². The number of nitrogens with one attached hydrogen (secondary N) is 1. The number of carboxylic acids is 1. The van der Waals surface area contributed by atoms with Gasteiger partial charge in [0.1, 0.15) is 0 Å². The summed E-state index contributed by atoms with van der Waals surface area (Å²) in [6.07, 6.45) is -5.71. The van der Waals surface area contributed by atoms with Crippen molar-refractivity contribution in [1.29, 1.82) is 0 Å². The van der Waals surface area contributed by atoms with Gasteiger partial charge in [0.05, 0.1) is 6.54 Å². The SMILES string of the molecule is COC(CNc1nnc(C(F)(F)F)s1)C(=O)O. The largest absolute Gasteiger partial charge is 0.479 e. The van der Waals surface area contributed by atoms with Crippen LogP contribution in [0.5, 0.6) is 0 Å². The van der Waals surface area contributed by atoms with E-state index in [1.165, 1.54) is 7.11 Å². The van der Waals surface area contributed by atoms with Gasteiger partial charge < -0.3 is 15.2 Å². The molecule has 1 unspecified atom stereocenters. The van der Waals surface area contributed by atoms with E-state index in [4.69, 9.17) is 5.11 Å². The van der Waals surface area contributed by atoms with Crippen LogP contribution in [0, 0.1) is 0 Å². The molecule has 10 heteroatoms. The normalized spacial score (nSPS) is 13.4. The van der Waals surface area contributed by atoms with Crippen molar-refractivity contribution in [1.82, 2.24) is 10.2 Å². The highest BCUT2D eigenvalue weighted by Crippen LogP contribution is 2.32. The maximum atomic E-state index is 12.2. The average molecular weight is 271 g/mol. The van der Waals surface area contributed by atoms with E-state index in [9.17, 15) is 18.0 Å². The van der Waals surface area contributed by atoms with Gasteiger partial charge in [-0.25, -0.2) is 4.79 Å². The van der Waals surface area contributed by atoms with E-state index < -0.39 is 23.3 Å². The summed E-state index contributed by atoms with van der Waals surface area (Å²) in [4.78, 5) is 10.5. The van der Waals surface area contributed by atoms with Crippen molar-refractivity contribution >= 4 is 22.4 Å². The minimum atomic E-state index is -4.55. The quantitative estimate of drug-likeness (QED) is 0.833. The summed E-state index contributed by atoms with van der Waals surface area (Å²) in [5, 5.41) is 16.0. The Morgan fingerprint density at radius 2 is 2.24 bits per heavy atom. The molecule has 0 spiro atoms. The van der Waals surface area contributed by atoms with Gasteiger partial charge in [0.15, 0.2) is 6.10 Å². The molecule has 0 aliphatic carbocycles. The van der Waals surface area contributed by atoms with Crippen molar-refractivity contribution < 1.29 is 27.8 Å². The van der Waals surface area contributed by atoms with Crippen LogP contribution in [-0.4, -0.2) is 41.0 Å². The third-order valence-corrected chi connectivity index (χ3v) is 2.59. The standard InChI is InChI=1S/C7H8F3N3O3S/c1-16-3(4(14)15)2-11-6-13-12-5(17-6)7(8,9)10/h3H,2H2,1H3,(H,11,13)(H,14,15). The maximum Gasteiger partial charge on any atom is 0.445 e. The number of ether oxygens (including phenoxy) is 1. The van der Waals surface area contributed by atoms with Gasteiger partial charge in [-0.05, 0) is 0 Å². The summed E-state index contributed by atoms with van der Waals surface area (Å²) >= 11 is 0.297. The second kappa shape index (κ2) is 5.27. The fourth-order valence-electron chi connectivity index (χ4n) is 0.861. The number of carboxylic acid groups (broad SMARTS) is 1. The molecule has 0 aromatic carbocycles. The summed E-state index contributed by atoms with van der Waals surface area (Å²) in [6.45, 7) is -0.196. The second-order valence-electron chi connectivity index (χ2n) is 2.85. The molecule has 2 N–H and O–H groups in total. The van der Waals surface area contributed by atoms with Crippen molar-refractivity contribution in [3.05, 3.63) is 5.01 Å². The molecule has 0 saturated carbocycles. The van der Waals surface area contributed by atoms with Crippen LogP contribution in [0.4, 0.5) is 18.3 Å².